The van der Waals surface area contributed by atoms with E-state index in [0.29, 0.717) is 0 Å². The Morgan fingerprint density at radius 1 is 1.15 bits per heavy atom. The number of carbonyl (C=O) groups is 1. The summed E-state index contributed by atoms with van der Waals surface area (Å²) in [5.74, 6) is 0.248. The number of carbonyl (C=O) groups excluding carboxylic acids is 1. The largest absolute Gasteiger partial charge is 0.343 e. The first-order chi connectivity index (χ1) is 13.1. The van der Waals surface area contributed by atoms with Crippen LogP contribution in [0, 0.1) is 19.8 Å². The van der Waals surface area contributed by atoms with Gasteiger partial charge in [0.25, 0.3) is 0 Å². The third-order valence-electron chi connectivity index (χ3n) is 5.61. The van der Waals surface area contributed by atoms with Crippen molar-refractivity contribution in [1.29, 1.82) is 0 Å². The summed E-state index contributed by atoms with van der Waals surface area (Å²) in [6.45, 7) is 9.53. The Bertz CT molecular complexity index is 720. The SMILES string of the molecule is CCCN1CCC(C(=O)NC(c2ccccc2C)c2ncccc2C)CC1. The fraction of sp³-hybridized carbons (Fsp3) is 0.478. The molecule has 2 heterocycles. The molecule has 1 aliphatic rings. The molecule has 0 aliphatic carbocycles. The molecule has 4 heteroatoms. The maximum atomic E-state index is 13.1. The summed E-state index contributed by atoms with van der Waals surface area (Å²) < 4.78 is 0. The molecule has 0 spiro atoms. The molecule has 0 radical (unpaired) electrons. The van der Waals surface area contributed by atoms with E-state index in [1.165, 1.54) is 12.0 Å². The summed E-state index contributed by atoms with van der Waals surface area (Å²) in [4.78, 5) is 20.2. The van der Waals surface area contributed by atoms with Crippen LogP contribution in [0.5, 0.6) is 0 Å². The predicted octanol–water partition coefficient (Wildman–Crippen LogP) is 4.03. The lowest BCUT2D eigenvalue weighted by Gasteiger charge is -2.32. The van der Waals surface area contributed by atoms with E-state index < -0.39 is 0 Å². The number of benzene rings is 1. The zero-order chi connectivity index (χ0) is 19.2. The van der Waals surface area contributed by atoms with Crippen molar-refractivity contribution in [1.82, 2.24) is 15.2 Å². The minimum atomic E-state index is -0.200. The summed E-state index contributed by atoms with van der Waals surface area (Å²) in [6.07, 6.45) is 4.86. The number of amides is 1. The van der Waals surface area contributed by atoms with E-state index in [9.17, 15) is 4.79 Å². The van der Waals surface area contributed by atoms with Crippen LogP contribution in [0.3, 0.4) is 0 Å². The number of aryl methyl sites for hydroxylation is 2. The third kappa shape index (κ3) is 4.75. The van der Waals surface area contributed by atoms with Crippen molar-refractivity contribution < 1.29 is 4.79 Å². The molecule has 3 rings (SSSR count). The van der Waals surface area contributed by atoms with Gasteiger partial charge in [-0.1, -0.05) is 37.3 Å². The fourth-order valence-electron chi connectivity index (χ4n) is 4.00. The second kappa shape index (κ2) is 9.14. The zero-order valence-corrected chi connectivity index (χ0v) is 16.7. The van der Waals surface area contributed by atoms with Crippen LogP contribution in [0.4, 0.5) is 0 Å². The van der Waals surface area contributed by atoms with E-state index >= 15 is 0 Å². The van der Waals surface area contributed by atoms with E-state index in [-0.39, 0.29) is 17.9 Å². The highest BCUT2D eigenvalue weighted by atomic mass is 16.2. The molecule has 0 bridgehead atoms. The molecule has 2 aromatic rings. The average molecular weight is 366 g/mol. The van der Waals surface area contributed by atoms with Gasteiger partial charge in [-0.15, -0.1) is 0 Å². The number of aromatic nitrogens is 1. The summed E-state index contributed by atoms with van der Waals surface area (Å²) in [5, 5.41) is 3.33. The average Bonchev–Trinajstić information content (AvgIpc) is 2.68. The molecule has 4 nitrogen and oxygen atoms in total. The van der Waals surface area contributed by atoms with Crippen LogP contribution in [0.25, 0.3) is 0 Å². The lowest BCUT2D eigenvalue weighted by molar-refractivity contribution is -0.127. The highest BCUT2D eigenvalue weighted by Crippen LogP contribution is 2.27. The number of nitrogens with one attached hydrogen (secondary N) is 1. The van der Waals surface area contributed by atoms with Crippen molar-refractivity contribution in [3.63, 3.8) is 0 Å². The topological polar surface area (TPSA) is 45.2 Å². The van der Waals surface area contributed by atoms with Crippen LogP contribution < -0.4 is 5.32 Å². The van der Waals surface area contributed by atoms with Crippen LogP contribution in [-0.4, -0.2) is 35.4 Å². The Morgan fingerprint density at radius 3 is 2.52 bits per heavy atom. The molecule has 1 N–H and O–H groups in total. The van der Waals surface area contributed by atoms with Crippen LogP contribution >= 0.6 is 0 Å². The van der Waals surface area contributed by atoms with Gasteiger partial charge < -0.3 is 10.2 Å². The van der Waals surface area contributed by atoms with Gasteiger partial charge in [-0.25, -0.2) is 0 Å². The second-order valence-corrected chi connectivity index (χ2v) is 7.62. The first kappa shape index (κ1) is 19.6. The van der Waals surface area contributed by atoms with E-state index in [1.807, 2.05) is 24.4 Å². The van der Waals surface area contributed by atoms with Crippen LogP contribution in [0.2, 0.25) is 0 Å². The van der Waals surface area contributed by atoms with Gasteiger partial charge in [0, 0.05) is 12.1 Å². The molecule has 0 saturated carbocycles. The minimum absolute atomic E-state index is 0.0913. The number of rotatable bonds is 6. The summed E-state index contributed by atoms with van der Waals surface area (Å²) in [5.41, 5.74) is 4.33. The van der Waals surface area contributed by atoms with Crippen molar-refractivity contribution in [3.05, 3.63) is 65.0 Å². The third-order valence-corrected chi connectivity index (χ3v) is 5.61. The Balaban J connectivity index is 1.79. The molecule has 1 saturated heterocycles. The normalized spacial score (nSPS) is 16.9. The molecular weight excluding hydrogens is 334 g/mol. The number of hydrogen-bond donors (Lipinski definition) is 1. The van der Waals surface area contributed by atoms with Gasteiger partial charge in [-0.3, -0.25) is 9.78 Å². The van der Waals surface area contributed by atoms with Gasteiger partial charge in [-0.05, 0) is 75.5 Å². The van der Waals surface area contributed by atoms with Gasteiger partial charge in [-0.2, -0.15) is 0 Å². The number of hydrogen-bond acceptors (Lipinski definition) is 3. The molecule has 1 aliphatic heterocycles. The van der Waals surface area contributed by atoms with Gasteiger partial charge in [0.1, 0.15) is 0 Å². The lowest BCUT2D eigenvalue weighted by Crippen LogP contribution is -2.42. The second-order valence-electron chi connectivity index (χ2n) is 7.62. The molecule has 1 aromatic heterocycles. The molecule has 1 atom stereocenters. The minimum Gasteiger partial charge on any atom is -0.343 e. The Kier molecular flexibility index (Phi) is 6.62. The molecule has 144 valence electrons. The summed E-state index contributed by atoms with van der Waals surface area (Å²) in [6, 6.07) is 12.1. The van der Waals surface area contributed by atoms with Crippen molar-refractivity contribution in [2.75, 3.05) is 19.6 Å². The standard InChI is InChI=1S/C23H31N3O/c1-4-14-26-15-11-19(12-16-26)23(27)25-22(20-10-6-5-8-17(20)2)21-18(3)9-7-13-24-21/h5-10,13,19,22H,4,11-12,14-16H2,1-3H3,(H,25,27). The number of likely N-dealkylation sites (tertiary alicyclic amines) is 1. The smallest absolute Gasteiger partial charge is 0.224 e. The van der Waals surface area contributed by atoms with E-state index in [1.54, 1.807) is 0 Å². The molecule has 1 aromatic carbocycles. The van der Waals surface area contributed by atoms with Gasteiger partial charge in [0.15, 0.2) is 0 Å². The number of piperidine rings is 1. The van der Waals surface area contributed by atoms with Crippen molar-refractivity contribution in [2.45, 2.75) is 46.1 Å². The highest BCUT2D eigenvalue weighted by Gasteiger charge is 2.28. The summed E-state index contributed by atoms with van der Waals surface area (Å²) in [7, 11) is 0. The first-order valence-corrected chi connectivity index (χ1v) is 10.1. The number of pyridine rings is 1. The zero-order valence-electron chi connectivity index (χ0n) is 16.7. The molecular formula is C23H31N3O. The van der Waals surface area contributed by atoms with E-state index in [4.69, 9.17) is 0 Å². The first-order valence-electron chi connectivity index (χ1n) is 10.1. The van der Waals surface area contributed by atoms with Gasteiger partial charge in [0.05, 0.1) is 11.7 Å². The number of nitrogens with zero attached hydrogens (tertiary/aromatic N) is 2. The molecule has 27 heavy (non-hydrogen) atoms. The van der Waals surface area contributed by atoms with Crippen molar-refractivity contribution >= 4 is 5.91 Å². The Morgan fingerprint density at radius 2 is 1.85 bits per heavy atom. The maximum absolute atomic E-state index is 13.1. The van der Waals surface area contributed by atoms with Crippen LogP contribution in [0.1, 0.15) is 54.6 Å². The monoisotopic (exact) mass is 365 g/mol. The van der Waals surface area contributed by atoms with Gasteiger partial charge in [0.2, 0.25) is 5.91 Å². The van der Waals surface area contributed by atoms with Crippen molar-refractivity contribution in [3.8, 4) is 0 Å². The Labute approximate surface area is 163 Å². The predicted molar refractivity (Wildman–Crippen MR) is 110 cm³/mol. The van der Waals surface area contributed by atoms with Gasteiger partial charge >= 0.3 is 0 Å². The molecule has 1 amide bonds. The van der Waals surface area contributed by atoms with Crippen LogP contribution in [-0.2, 0) is 4.79 Å². The highest BCUT2D eigenvalue weighted by molar-refractivity contribution is 5.79. The maximum Gasteiger partial charge on any atom is 0.224 e. The quantitative estimate of drug-likeness (QED) is 0.841. The Hall–Kier alpha value is -2.20. The fourth-order valence-corrected chi connectivity index (χ4v) is 4.00. The summed E-state index contributed by atoms with van der Waals surface area (Å²) >= 11 is 0. The van der Waals surface area contributed by atoms with E-state index in [2.05, 4.69) is 54.2 Å². The van der Waals surface area contributed by atoms with E-state index in [0.717, 1.165) is 49.3 Å². The van der Waals surface area contributed by atoms with Crippen molar-refractivity contribution in [2.24, 2.45) is 5.92 Å². The lowest BCUT2D eigenvalue weighted by atomic mass is 9.92. The van der Waals surface area contributed by atoms with Crippen LogP contribution in [0.15, 0.2) is 42.6 Å². The molecule has 1 fully saturated rings. The molecule has 1 unspecified atom stereocenters.